The smallest absolute Gasteiger partial charge is 0.293 e. The monoisotopic (exact) mass is 303 g/mol. The van der Waals surface area contributed by atoms with Crippen LogP contribution in [0.1, 0.15) is 24.8 Å². The Labute approximate surface area is 129 Å². The van der Waals surface area contributed by atoms with Crippen molar-refractivity contribution in [3.05, 3.63) is 41.0 Å². The van der Waals surface area contributed by atoms with E-state index in [1.807, 2.05) is 17.8 Å². The number of aromatic nitrogens is 4. The number of aryl methyl sites for hydroxylation is 2. The highest BCUT2D eigenvalue weighted by Crippen LogP contribution is 2.32. The molecule has 1 N–H and O–H groups in total. The minimum atomic E-state index is -0.118. The van der Waals surface area contributed by atoms with Crippen molar-refractivity contribution in [3.8, 4) is 0 Å². The molecule has 0 radical (unpaired) electrons. The van der Waals surface area contributed by atoms with Crippen molar-refractivity contribution in [2.75, 3.05) is 18.5 Å². The molecule has 2 atom stereocenters. The van der Waals surface area contributed by atoms with E-state index >= 15 is 0 Å². The van der Waals surface area contributed by atoms with Crippen molar-refractivity contribution in [1.29, 1.82) is 0 Å². The fraction of sp³-hybridized carbons (Fsp3) is 0.533. The van der Waals surface area contributed by atoms with Crippen molar-refractivity contribution in [2.45, 2.75) is 18.9 Å². The van der Waals surface area contributed by atoms with Crippen molar-refractivity contribution in [1.82, 2.24) is 19.1 Å². The first-order chi connectivity index (χ1) is 10.7. The SMILES string of the molecule is Cn1ccnc1[C@@H]1OCCC[C@H]1CNc1nccn(C)c1=O. The lowest BCUT2D eigenvalue weighted by atomic mass is 9.93. The van der Waals surface area contributed by atoms with E-state index in [1.165, 1.54) is 4.57 Å². The molecule has 118 valence electrons. The number of ether oxygens (including phenoxy) is 1. The average Bonchev–Trinajstić information content (AvgIpc) is 2.95. The molecule has 0 saturated carbocycles. The average molecular weight is 303 g/mol. The molecule has 1 fully saturated rings. The van der Waals surface area contributed by atoms with Gasteiger partial charge in [-0.15, -0.1) is 0 Å². The number of hydrogen-bond donors (Lipinski definition) is 1. The lowest BCUT2D eigenvalue weighted by molar-refractivity contribution is -0.0305. The first kappa shape index (κ1) is 14.8. The Hall–Kier alpha value is -2.15. The number of nitrogens with zero attached hydrogens (tertiary/aromatic N) is 4. The fourth-order valence-corrected chi connectivity index (χ4v) is 2.84. The van der Waals surface area contributed by atoms with Crippen LogP contribution in [-0.4, -0.2) is 32.3 Å². The van der Waals surface area contributed by atoms with Crippen LogP contribution < -0.4 is 10.9 Å². The minimum Gasteiger partial charge on any atom is -0.370 e. The van der Waals surface area contributed by atoms with E-state index in [9.17, 15) is 4.79 Å². The van der Waals surface area contributed by atoms with Crippen LogP contribution in [0.15, 0.2) is 29.6 Å². The number of rotatable bonds is 4. The summed E-state index contributed by atoms with van der Waals surface area (Å²) in [4.78, 5) is 20.5. The molecule has 1 aliphatic heterocycles. The van der Waals surface area contributed by atoms with Gasteiger partial charge in [0.15, 0.2) is 5.82 Å². The maximum absolute atomic E-state index is 12.0. The van der Waals surface area contributed by atoms with E-state index in [-0.39, 0.29) is 17.6 Å². The molecule has 0 spiro atoms. The predicted octanol–water partition coefficient (Wildman–Crippen LogP) is 1.09. The van der Waals surface area contributed by atoms with E-state index in [2.05, 4.69) is 15.3 Å². The fourth-order valence-electron chi connectivity index (χ4n) is 2.84. The van der Waals surface area contributed by atoms with E-state index in [0.29, 0.717) is 12.4 Å². The second-order valence-electron chi connectivity index (χ2n) is 5.66. The van der Waals surface area contributed by atoms with Gasteiger partial charge >= 0.3 is 0 Å². The zero-order valence-electron chi connectivity index (χ0n) is 12.9. The molecule has 0 aromatic carbocycles. The Bertz CT molecular complexity index is 693. The summed E-state index contributed by atoms with van der Waals surface area (Å²) in [5.74, 6) is 1.58. The van der Waals surface area contributed by atoms with Crippen LogP contribution in [0.2, 0.25) is 0 Å². The maximum atomic E-state index is 12.0. The summed E-state index contributed by atoms with van der Waals surface area (Å²) in [5, 5.41) is 3.17. The predicted molar refractivity (Wildman–Crippen MR) is 82.6 cm³/mol. The number of hydrogen-bond acceptors (Lipinski definition) is 5. The molecular weight excluding hydrogens is 282 g/mol. The zero-order chi connectivity index (χ0) is 15.5. The van der Waals surface area contributed by atoms with Crippen LogP contribution in [0.3, 0.4) is 0 Å². The van der Waals surface area contributed by atoms with Crippen LogP contribution in [0.4, 0.5) is 5.82 Å². The van der Waals surface area contributed by atoms with E-state index in [4.69, 9.17) is 4.74 Å². The van der Waals surface area contributed by atoms with Crippen molar-refractivity contribution in [3.63, 3.8) is 0 Å². The molecule has 1 saturated heterocycles. The number of imidazole rings is 1. The lowest BCUT2D eigenvalue weighted by Gasteiger charge is -2.31. The largest absolute Gasteiger partial charge is 0.370 e. The molecule has 7 nitrogen and oxygen atoms in total. The summed E-state index contributed by atoms with van der Waals surface area (Å²) in [6, 6.07) is 0. The van der Waals surface area contributed by atoms with Crippen molar-refractivity contribution >= 4 is 5.82 Å². The third-order valence-corrected chi connectivity index (χ3v) is 4.11. The van der Waals surface area contributed by atoms with Gasteiger partial charge in [0.25, 0.3) is 5.56 Å². The molecule has 0 bridgehead atoms. The molecule has 0 amide bonds. The summed E-state index contributed by atoms with van der Waals surface area (Å²) in [6.07, 6.45) is 8.99. The van der Waals surface area contributed by atoms with Crippen LogP contribution in [-0.2, 0) is 18.8 Å². The summed E-state index contributed by atoms with van der Waals surface area (Å²) >= 11 is 0. The molecule has 0 aliphatic carbocycles. The first-order valence-electron chi connectivity index (χ1n) is 7.51. The van der Waals surface area contributed by atoms with Gasteiger partial charge in [0, 0.05) is 58.0 Å². The second kappa shape index (κ2) is 6.31. The van der Waals surface area contributed by atoms with Crippen molar-refractivity contribution < 1.29 is 4.74 Å². The molecule has 7 heteroatoms. The normalized spacial score (nSPS) is 21.7. The summed E-state index contributed by atoms with van der Waals surface area (Å²) in [6.45, 7) is 1.39. The number of nitrogens with one attached hydrogen (secondary N) is 1. The van der Waals surface area contributed by atoms with Crippen LogP contribution >= 0.6 is 0 Å². The highest BCUT2D eigenvalue weighted by molar-refractivity contribution is 5.30. The first-order valence-corrected chi connectivity index (χ1v) is 7.51. The molecule has 3 rings (SSSR count). The standard InChI is InChI=1S/C15H21N5O2/c1-19-7-6-17-14(19)12-11(4-3-9-22-12)10-18-13-15(21)20(2)8-5-16-13/h5-8,11-12H,3-4,9-10H2,1-2H3,(H,16,18)/t11-,12+/m0/s1. The minimum absolute atomic E-state index is 0.0474. The van der Waals surface area contributed by atoms with Gasteiger partial charge in [0.1, 0.15) is 11.9 Å². The third kappa shape index (κ3) is 2.89. The summed E-state index contributed by atoms with van der Waals surface area (Å²) in [7, 11) is 3.69. The zero-order valence-corrected chi connectivity index (χ0v) is 12.9. The Kier molecular flexibility index (Phi) is 4.24. The molecular formula is C15H21N5O2. The third-order valence-electron chi connectivity index (χ3n) is 4.11. The highest BCUT2D eigenvalue weighted by atomic mass is 16.5. The van der Waals surface area contributed by atoms with Crippen LogP contribution in [0, 0.1) is 5.92 Å². The van der Waals surface area contributed by atoms with Gasteiger partial charge in [-0.25, -0.2) is 9.97 Å². The van der Waals surface area contributed by atoms with E-state index in [1.54, 1.807) is 25.6 Å². The summed E-state index contributed by atoms with van der Waals surface area (Å²) < 4.78 is 9.44. The molecule has 2 aromatic heterocycles. The van der Waals surface area contributed by atoms with Gasteiger partial charge in [0.05, 0.1) is 0 Å². The number of anilines is 1. The highest BCUT2D eigenvalue weighted by Gasteiger charge is 2.30. The Morgan fingerprint density at radius 2 is 2.05 bits per heavy atom. The Morgan fingerprint density at radius 3 is 2.82 bits per heavy atom. The maximum Gasteiger partial charge on any atom is 0.293 e. The van der Waals surface area contributed by atoms with Crippen LogP contribution in [0.5, 0.6) is 0 Å². The topological polar surface area (TPSA) is 74.0 Å². The quantitative estimate of drug-likeness (QED) is 0.915. The molecule has 0 unspecified atom stereocenters. The Balaban J connectivity index is 1.74. The molecule has 2 aromatic rings. The molecule has 1 aliphatic rings. The van der Waals surface area contributed by atoms with Gasteiger partial charge in [-0.05, 0) is 12.8 Å². The Morgan fingerprint density at radius 1 is 1.27 bits per heavy atom. The summed E-state index contributed by atoms with van der Waals surface area (Å²) in [5.41, 5.74) is -0.118. The van der Waals surface area contributed by atoms with Gasteiger partial charge in [-0.1, -0.05) is 0 Å². The van der Waals surface area contributed by atoms with E-state index < -0.39 is 0 Å². The van der Waals surface area contributed by atoms with E-state index in [0.717, 1.165) is 25.3 Å². The van der Waals surface area contributed by atoms with Gasteiger partial charge in [0.2, 0.25) is 0 Å². The second-order valence-corrected chi connectivity index (χ2v) is 5.66. The molecule has 22 heavy (non-hydrogen) atoms. The van der Waals surface area contributed by atoms with Gasteiger partial charge in [-0.3, -0.25) is 4.79 Å². The lowest BCUT2D eigenvalue weighted by Crippen LogP contribution is -2.32. The molecule has 3 heterocycles. The van der Waals surface area contributed by atoms with Crippen molar-refractivity contribution in [2.24, 2.45) is 20.0 Å². The van der Waals surface area contributed by atoms with Gasteiger partial charge in [-0.2, -0.15) is 0 Å². The van der Waals surface area contributed by atoms with Crippen LogP contribution in [0.25, 0.3) is 0 Å². The van der Waals surface area contributed by atoms with Gasteiger partial charge < -0.3 is 19.2 Å².